The number of halogens is 2. The van der Waals surface area contributed by atoms with E-state index in [0.29, 0.717) is 0 Å². The van der Waals surface area contributed by atoms with Crippen molar-refractivity contribution >= 4 is 38.7 Å². The van der Waals surface area contributed by atoms with E-state index in [1.54, 1.807) is 0 Å². The van der Waals surface area contributed by atoms with E-state index >= 15 is 0 Å². The molecule has 2 heterocycles. The van der Waals surface area contributed by atoms with Crippen molar-refractivity contribution in [1.82, 2.24) is 4.81 Å². The molecule has 66 valence electrons. The summed E-state index contributed by atoms with van der Waals surface area (Å²) in [6, 6.07) is 0. The molecule has 2 aliphatic heterocycles. The molecule has 0 saturated carbocycles. The van der Waals surface area contributed by atoms with Crippen molar-refractivity contribution in [2.45, 2.75) is 0 Å². The SMILES string of the molecule is NC1=C(Br)N2C=CC=CB2C=C1Br. The smallest absolute Gasteiger partial charge is 0.314 e. The number of rotatable bonds is 0. The molecule has 13 heavy (non-hydrogen) atoms. The van der Waals surface area contributed by atoms with Crippen LogP contribution in [0.1, 0.15) is 0 Å². The van der Waals surface area contributed by atoms with Crippen LogP contribution < -0.4 is 5.73 Å². The molecule has 2 nitrogen and oxygen atoms in total. The zero-order chi connectivity index (χ0) is 9.42. The standard InChI is InChI=1S/C8H7BBr2N2/c10-6-5-9-3-1-2-4-13(9)8(11)7(6)12/h1-5H,12H2. The van der Waals surface area contributed by atoms with Crippen molar-refractivity contribution in [3.63, 3.8) is 0 Å². The van der Waals surface area contributed by atoms with E-state index in [-0.39, 0.29) is 6.85 Å². The van der Waals surface area contributed by atoms with Gasteiger partial charge in [0.25, 0.3) is 0 Å². The predicted molar refractivity (Wildman–Crippen MR) is 63.0 cm³/mol. The zero-order valence-electron chi connectivity index (χ0n) is 6.74. The van der Waals surface area contributed by atoms with Crippen LogP contribution in [0.2, 0.25) is 0 Å². The van der Waals surface area contributed by atoms with Crippen molar-refractivity contribution in [2.75, 3.05) is 0 Å². The third-order valence-electron chi connectivity index (χ3n) is 2.01. The Labute approximate surface area is 94.2 Å². The second-order valence-corrected chi connectivity index (χ2v) is 4.45. The molecule has 0 aliphatic carbocycles. The Kier molecular flexibility index (Phi) is 2.38. The summed E-state index contributed by atoms with van der Waals surface area (Å²) >= 11 is 6.88. The summed E-state index contributed by atoms with van der Waals surface area (Å²) < 4.78 is 1.85. The average Bonchev–Trinajstić information content (AvgIpc) is 2.15. The van der Waals surface area contributed by atoms with Gasteiger partial charge in [-0.1, -0.05) is 18.0 Å². The van der Waals surface area contributed by atoms with Gasteiger partial charge < -0.3 is 10.5 Å². The van der Waals surface area contributed by atoms with Crippen LogP contribution in [-0.2, 0) is 0 Å². The van der Waals surface area contributed by atoms with Gasteiger partial charge in [0.2, 0.25) is 0 Å². The molecule has 2 aliphatic rings. The van der Waals surface area contributed by atoms with Crippen LogP contribution in [0.4, 0.5) is 0 Å². The Morgan fingerprint density at radius 3 is 2.85 bits per heavy atom. The predicted octanol–water partition coefficient (Wildman–Crippen LogP) is 2.26. The van der Waals surface area contributed by atoms with E-state index in [2.05, 4.69) is 48.6 Å². The monoisotopic (exact) mass is 300 g/mol. The first-order chi connectivity index (χ1) is 6.20. The van der Waals surface area contributed by atoms with Gasteiger partial charge in [-0.05, 0) is 44.1 Å². The van der Waals surface area contributed by atoms with Gasteiger partial charge >= 0.3 is 6.85 Å². The summed E-state index contributed by atoms with van der Waals surface area (Å²) in [6.07, 6.45) is 6.01. The topological polar surface area (TPSA) is 29.3 Å². The number of hydrogen-bond donors (Lipinski definition) is 1. The van der Waals surface area contributed by atoms with E-state index in [1.165, 1.54) is 0 Å². The van der Waals surface area contributed by atoms with Gasteiger partial charge in [0.05, 0.1) is 10.3 Å². The highest BCUT2D eigenvalue weighted by Gasteiger charge is 2.26. The quantitative estimate of drug-likeness (QED) is 0.549. The molecule has 0 fully saturated rings. The van der Waals surface area contributed by atoms with Crippen LogP contribution in [0.15, 0.2) is 45.1 Å². The lowest BCUT2D eigenvalue weighted by Crippen LogP contribution is -2.36. The van der Waals surface area contributed by atoms with E-state index < -0.39 is 0 Å². The van der Waals surface area contributed by atoms with E-state index in [9.17, 15) is 0 Å². The largest absolute Gasteiger partial charge is 0.396 e. The van der Waals surface area contributed by atoms with Crippen molar-refractivity contribution < 1.29 is 0 Å². The van der Waals surface area contributed by atoms with Crippen molar-refractivity contribution in [2.24, 2.45) is 5.73 Å². The van der Waals surface area contributed by atoms with E-state index in [1.807, 2.05) is 18.4 Å². The highest BCUT2D eigenvalue weighted by molar-refractivity contribution is 9.12. The van der Waals surface area contributed by atoms with Gasteiger partial charge in [-0.25, -0.2) is 0 Å². The highest BCUT2D eigenvalue weighted by Crippen LogP contribution is 2.31. The minimum Gasteiger partial charge on any atom is -0.396 e. The van der Waals surface area contributed by atoms with Crippen LogP contribution in [-0.4, -0.2) is 11.7 Å². The first kappa shape index (κ1) is 9.15. The molecule has 0 atom stereocenters. The molecule has 0 bridgehead atoms. The Morgan fingerprint density at radius 1 is 1.31 bits per heavy atom. The third-order valence-corrected chi connectivity index (χ3v) is 3.54. The number of fused-ring (bicyclic) bond motifs is 1. The van der Waals surface area contributed by atoms with Gasteiger partial charge in [-0.3, -0.25) is 0 Å². The summed E-state index contributed by atoms with van der Waals surface area (Å²) in [5.41, 5.74) is 6.58. The molecule has 0 aromatic heterocycles. The fraction of sp³-hybridized carbons (Fsp3) is 0. The van der Waals surface area contributed by atoms with Crippen molar-refractivity contribution in [3.8, 4) is 0 Å². The Bertz CT molecular complexity index is 357. The number of nitrogens with zero attached hydrogens (tertiary/aromatic N) is 1. The maximum Gasteiger partial charge on any atom is 0.314 e. The number of allylic oxidation sites excluding steroid dienone is 3. The molecule has 0 aromatic rings. The summed E-state index contributed by atoms with van der Waals surface area (Å²) in [5, 5.41) is 0. The summed E-state index contributed by atoms with van der Waals surface area (Å²) in [6.45, 7) is 0.265. The van der Waals surface area contributed by atoms with Crippen LogP contribution in [0.25, 0.3) is 0 Å². The van der Waals surface area contributed by atoms with Gasteiger partial charge in [0.15, 0.2) is 0 Å². The maximum atomic E-state index is 5.85. The average molecular weight is 302 g/mol. The summed E-state index contributed by atoms with van der Waals surface area (Å²) in [7, 11) is 0. The molecule has 2 N–H and O–H groups in total. The molecule has 2 rings (SSSR count). The molecular formula is C8H7BBr2N2. The van der Waals surface area contributed by atoms with Crippen LogP contribution in [0.3, 0.4) is 0 Å². The molecular weight excluding hydrogens is 295 g/mol. The van der Waals surface area contributed by atoms with Gasteiger partial charge in [-0.2, -0.15) is 0 Å². The molecule has 0 unspecified atom stereocenters. The van der Waals surface area contributed by atoms with Crippen molar-refractivity contribution in [3.05, 3.63) is 45.1 Å². The normalized spacial score (nSPS) is 20.6. The lowest BCUT2D eigenvalue weighted by Gasteiger charge is -2.30. The molecule has 0 amide bonds. The zero-order valence-corrected chi connectivity index (χ0v) is 9.92. The van der Waals surface area contributed by atoms with Gasteiger partial charge in [0.1, 0.15) is 0 Å². The molecule has 0 aromatic carbocycles. The lowest BCUT2D eigenvalue weighted by molar-refractivity contribution is 0.764. The van der Waals surface area contributed by atoms with Crippen molar-refractivity contribution in [1.29, 1.82) is 0 Å². The molecule has 0 saturated heterocycles. The van der Waals surface area contributed by atoms with E-state index in [0.717, 1.165) is 14.8 Å². The van der Waals surface area contributed by atoms with Crippen LogP contribution in [0, 0.1) is 0 Å². The van der Waals surface area contributed by atoms with E-state index in [4.69, 9.17) is 5.73 Å². The number of nitrogens with two attached hydrogens (primary N) is 1. The summed E-state index contributed by atoms with van der Waals surface area (Å²) in [5.74, 6) is 4.18. The van der Waals surface area contributed by atoms with Crippen LogP contribution >= 0.6 is 31.9 Å². The fourth-order valence-corrected chi connectivity index (χ4v) is 2.61. The van der Waals surface area contributed by atoms with Crippen LogP contribution in [0.5, 0.6) is 0 Å². The number of hydrogen-bond acceptors (Lipinski definition) is 2. The minimum atomic E-state index is 0.265. The molecule has 0 spiro atoms. The van der Waals surface area contributed by atoms with Gasteiger partial charge in [0, 0.05) is 4.48 Å². The first-order valence-electron chi connectivity index (χ1n) is 3.86. The fourth-order valence-electron chi connectivity index (χ4n) is 1.32. The van der Waals surface area contributed by atoms with Gasteiger partial charge in [-0.15, -0.1) is 0 Å². The summed E-state index contributed by atoms with van der Waals surface area (Å²) in [4.78, 5) is 2.07. The molecule has 5 heteroatoms. The Balaban J connectivity index is 2.43. The third kappa shape index (κ3) is 1.51. The molecule has 0 radical (unpaired) electrons. The highest BCUT2D eigenvalue weighted by atomic mass is 79.9. The lowest BCUT2D eigenvalue weighted by atomic mass is 9.58. The second kappa shape index (κ2) is 3.38. The Hall–Kier alpha value is -0.415. The second-order valence-electron chi connectivity index (χ2n) is 2.84. The first-order valence-corrected chi connectivity index (χ1v) is 5.45. The minimum absolute atomic E-state index is 0.265. The maximum absolute atomic E-state index is 5.85. The Morgan fingerprint density at radius 2 is 2.08 bits per heavy atom.